The van der Waals surface area contributed by atoms with Crippen molar-refractivity contribution >= 4 is 5.97 Å². The first-order valence-corrected chi connectivity index (χ1v) is 5.93. The monoisotopic (exact) mass is 240 g/mol. The summed E-state index contributed by atoms with van der Waals surface area (Å²) >= 11 is 0. The molecule has 2 rings (SSSR count). The first-order chi connectivity index (χ1) is 8.72. The summed E-state index contributed by atoms with van der Waals surface area (Å²) < 4.78 is 4.78. The Balaban J connectivity index is 2.32. The second-order valence-corrected chi connectivity index (χ2v) is 4.24. The Labute approximate surface area is 107 Å². The predicted molar refractivity (Wildman–Crippen MR) is 71.8 cm³/mol. The molecule has 0 spiro atoms. The van der Waals surface area contributed by atoms with Crippen LogP contribution in [0.4, 0.5) is 0 Å². The summed E-state index contributed by atoms with van der Waals surface area (Å²) in [5.41, 5.74) is 4.03. The summed E-state index contributed by atoms with van der Waals surface area (Å²) in [5.74, 6) is -0.276. The fourth-order valence-corrected chi connectivity index (χ4v) is 2.02. The molecule has 0 N–H and O–H groups in total. The third kappa shape index (κ3) is 2.59. The van der Waals surface area contributed by atoms with Gasteiger partial charge in [-0.15, -0.1) is 0 Å². The van der Waals surface area contributed by atoms with Gasteiger partial charge in [-0.25, -0.2) is 4.79 Å². The van der Waals surface area contributed by atoms with Gasteiger partial charge in [0.2, 0.25) is 0 Å². The van der Waals surface area contributed by atoms with Gasteiger partial charge in [-0.1, -0.05) is 42.5 Å². The van der Waals surface area contributed by atoms with Gasteiger partial charge in [-0.2, -0.15) is 0 Å². The van der Waals surface area contributed by atoms with E-state index in [1.807, 2.05) is 31.2 Å². The van der Waals surface area contributed by atoms with E-state index in [9.17, 15) is 4.79 Å². The largest absolute Gasteiger partial charge is 0.465 e. The second-order valence-electron chi connectivity index (χ2n) is 4.24. The first kappa shape index (κ1) is 12.4. The Kier molecular flexibility index (Phi) is 3.78. The van der Waals surface area contributed by atoms with Crippen molar-refractivity contribution in [1.82, 2.24) is 0 Å². The van der Waals surface area contributed by atoms with Crippen molar-refractivity contribution in [3.8, 4) is 0 Å². The lowest BCUT2D eigenvalue weighted by atomic mass is 9.97. The number of rotatable bonds is 3. The molecule has 0 atom stereocenters. The molecule has 0 bridgehead atoms. The van der Waals surface area contributed by atoms with Crippen LogP contribution in [0.2, 0.25) is 0 Å². The van der Waals surface area contributed by atoms with Gasteiger partial charge in [-0.05, 0) is 36.1 Å². The standard InChI is InChI=1S/C16H16O2/c1-12-14(11-13-7-4-3-5-8-13)9-6-10-15(12)16(17)18-2/h3-10H,11H2,1-2H3. The molecule has 18 heavy (non-hydrogen) atoms. The van der Waals surface area contributed by atoms with Crippen molar-refractivity contribution in [3.05, 3.63) is 70.8 Å². The van der Waals surface area contributed by atoms with Crippen molar-refractivity contribution in [3.63, 3.8) is 0 Å². The van der Waals surface area contributed by atoms with Gasteiger partial charge in [0.25, 0.3) is 0 Å². The topological polar surface area (TPSA) is 26.3 Å². The average Bonchev–Trinajstić information content (AvgIpc) is 2.41. The minimum absolute atomic E-state index is 0.276. The van der Waals surface area contributed by atoms with Crippen molar-refractivity contribution in [2.45, 2.75) is 13.3 Å². The fourth-order valence-electron chi connectivity index (χ4n) is 2.02. The van der Waals surface area contributed by atoms with E-state index in [2.05, 4.69) is 18.2 Å². The summed E-state index contributed by atoms with van der Waals surface area (Å²) in [6, 6.07) is 16.0. The lowest BCUT2D eigenvalue weighted by Gasteiger charge is -2.10. The third-order valence-corrected chi connectivity index (χ3v) is 3.09. The van der Waals surface area contributed by atoms with Crippen LogP contribution in [-0.4, -0.2) is 13.1 Å². The van der Waals surface area contributed by atoms with Gasteiger partial charge in [0.1, 0.15) is 0 Å². The molecular weight excluding hydrogens is 224 g/mol. The number of carbonyl (C=O) groups excluding carboxylic acids is 1. The molecule has 0 unspecified atom stereocenters. The molecule has 0 aliphatic rings. The zero-order valence-corrected chi connectivity index (χ0v) is 10.6. The number of esters is 1. The van der Waals surface area contributed by atoms with Gasteiger partial charge in [0, 0.05) is 0 Å². The minimum atomic E-state index is -0.276. The molecule has 0 amide bonds. The Bertz CT molecular complexity index is 544. The van der Waals surface area contributed by atoms with E-state index in [-0.39, 0.29) is 5.97 Å². The molecule has 0 saturated heterocycles. The summed E-state index contributed by atoms with van der Waals surface area (Å²) in [4.78, 5) is 11.6. The summed E-state index contributed by atoms with van der Waals surface area (Å²) in [6.45, 7) is 1.96. The Morgan fingerprint density at radius 1 is 1.06 bits per heavy atom. The quantitative estimate of drug-likeness (QED) is 0.769. The summed E-state index contributed by atoms with van der Waals surface area (Å²) in [6.07, 6.45) is 0.831. The Morgan fingerprint density at radius 2 is 1.78 bits per heavy atom. The molecule has 92 valence electrons. The highest BCUT2D eigenvalue weighted by Gasteiger charge is 2.11. The Morgan fingerprint density at radius 3 is 2.44 bits per heavy atom. The molecule has 2 heteroatoms. The van der Waals surface area contributed by atoms with Crippen LogP contribution in [0.15, 0.2) is 48.5 Å². The summed E-state index contributed by atoms with van der Waals surface area (Å²) in [7, 11) is 1.41. The van der Waals surface area contributed by atoms with E-state index in [0.29, 0.717) is 5.56 Å². The lowest BCUT2D eigenvalue weighted by Crippen LogP contribution is -2.06. The van der Waals surface area contributed by atoms with Crippen molar-refractivity contribution in [1.29, 1.82) is 0 Å². The number of hydrogen-bond donors (Lipinski definition) is 0. The SMILES string of the molecule is COC(=O)c1cccc(Cc2ccccc2)c1C. The highest BCUT2D eigenvalue weighted by Crippen LogP contribution is 2.18. The molecule has 0 fully saturated rings. The number of ether oxygens (including phenoxy) is 1. The number of benzene rings is 2. The maximum atomic E-state index is 11.6. The molecule has 0 aliphatic heterocycles. The van der Waals surface area contributed by atoms with Gasteiger partial charge in [-0.3, -0.25) is 0 Å². The van der Waals surface area contributed by atoms with E-state index >= 15 is 0 Å². The molecular formula is C16H16O2. The van der Waals surface area contributed by atoms with Gasteiger partial charge < -0.3 is 4.74 Å². The second kappa shape index (κ2) is 5.50. The van der Waals surface area contributed by atoms with Crippen molar-refractivity contribution in [2.24, 2.45) is 0 Å². The smallest absolute Gasteiger partial charge is 0.338 e. The van der Waals surface area contributed by atoms with Crippen LogP contribution in [0.5, 0.6) is 0 Å². The maximum absolute atomic E-state index is 11.6. The highest BCUT2D eigenvalue weighted by atomic mass is 16.5. The van der Waals surface area contributed by atoms with Crippen LogP contribution in [0.3, 0.4) is 0 Å². The average molecular weight is 240 g/mol. The summed E-state index contributed by atoms with van der Waals surface area (Å²) in [5, 5.41) is 0. The van der Waals surface area contributed by atoms with Gasteiger partial charge in [0.05, 0.1) is 12.7 Å². The third-order valence-electron chi connectivity index (χ3n) is 3.09. The molecule has 0 radical (unpaired) electrons. The fraction of sp³-hybridized carbons (Fsp3) is 0.188. The molecule has 0 heterocycles. The Hall–Kier alpha value is -2.09. The minimum Gasteiger partial charge on any atom is -0.465 e. The van der Waals surface area contributed by atoms with Crippen LogP contribution in [-0.2, 0) is 11.2 Å². The van der Waals surface area contributed by atoms with Gasteiger partial charge >= 0.3 is 5.97 Å². The van der Waals surface area contributed by atoms with E-state index in [1.165, 1.54) is 12.7 Å². The van der Waals surface area contributed by atoms with Crippen molar-refractivity contribution < 1.29 is 9.53 Å². The first-order valence-electron chi connectivity index (χ1n) is 5.93. The van der Waals surface area contributed by atoms with E-state index in [0.717, 1.165) is 17.5 Å². The molecule has 0 aliphatic carbocycles. The van der Waals surface area contributed by atoms with E-state index in [4.69, 9.17) is 4.74 Å². The zero-order valence-electron chi connectivity index (χ0n) is 10.6. The lowest BCUT2D eigenvalue weighted by molar-refractivity contribution is 0.0600. The van der Waals surface area contributed by atoms with E-state index in [1.54, 1.807) is 6.07 Å². The normalized spacial score (nSPS) is 10.1. The number of hydrogen-bond acceptors (Lipinski definition) is 2. The molecule has 0 aromatic heterocycles. The number of carbonyl (C=O) groups is 1. The maximum Gasteiger partial charge on any atom is 0.338 e. The van der Waals surface area contributed by atoms with Crippen LogP contribution < -0.4 is 0 Å². The van der Waals surface area contributed by atoms with Crippen LogP contribution in [0, 0.1) is 6.92 Å². The van der Waals surface area contributed by atoms with Crippen LogP contribution in [0.1, 0.15) is 27.0 Å². The number of methoxy groups -OCH3 is 1. The van der Waals surface area contributed by atoms with Gasteiger partial charge in [0.15, 0.2) is 0 Å². The molecule has 0 saturated carbocycles. The zero-order chi connectivity index (χ0) is 13.0. The van der Waals surface area contributed by atoms with Crippen LogP contribution in [0.25, 0.3) is 0 Å². The predicted octanol–water partition coefficient (Wildman–Crippen LogP) is 3.37. The molecule has 2 aromatic rings. The highest BCUT2D eigenvalue weighted by molar-refractivity contribution is 5.91. The van der Waals surface area contributed by atoms with Crippen LogP contribution >= 0.6 is 0 Å². The molecule has 2 nitrogen and oxygen atoms in total. The van der Waals surface area contributed by atoms with E-state index < -0.39 is 0 Å². The van der Waals surface area contributed by atoms with Crippen molar-refractivity contribution in [2.75, 3.05) is 7.11 Å². The molecule has 2 aromatic carbocycles.